The SMILES string of the molecule is O=c1c2ccc(-c3ccccc3)cc2oc2ccc(Cl)cc12. The summed E-state index contributed by atoms with van der Waals surface area (Å²) in [6.07, 6.45) is 0. The van der Waals surface area contributed by atoms with Crippen LogP contribution < -0.4 is 5.43 Å². The van der Waals surface area contributed by atoms with Gasteiger partial charge in [0, 0.05) is 5.02 Å². The lowest BCUT2D eigenvalue weighted by Crippen LogP contribution is -2.01. The molecular formula is C19H11ClO2. The highest BCUT2D eigenvalue weighted by Crippen LogP contribution is 2.26. The van der Waals surface area contributed by atoms with Gasteiger partial charge in [-0.1, -0.05) is 48.0 Å². The predicted molar refractivity (Wildman–Crippen MR) is 90.4 cm³/mol. The molecule has 0 N–H and O–H groups in total. The van der Waals surface area contributed by atoms with Crippen LogP contribution in [0.2, 0.25) is 5.02 Å². The molecule has 106 valence electrons. The van der Waals surface area contributed by atoms with E-state index < -0.39 is 0 Å². The molecule has 0 fully saturated rings. The first-order chi connectivity index (χ1) is 10.7. The minimum absolute atomic E-state index is 0.0571. The van der Waals surface area contributed by atoms with E-state index in [1.165, 1.54) is 0 Å². The standard InChI is InChI=1S/C19H11ClO2/c20-14-7-9-17-16(11-14)19(21)15-8-6-13(10-18(15)22-17)12-4-2-1-3-5-12/h1-11H. The predicted octanol–water partition coefficient (Wildman–Crippen LogP) is 5.27. The van der Waals surface area contributed by atoms with Gasteiger partial charge in [0.2, 0.25) is 5.43 Å². The molecule has 0 saturated carbocycles. The van der Waals surface area contributed by atoms with E-state index in [-0.39, 0.29) is 5.43 Å². The monoisotopic (exact) mass is 306 g/mol. The summed E-state index contributed by atoms with van der Waals surface area (Å²) in [5.74, 6) is 0. The number of halogens is 1. The zero-order chi connectivity index (χ0) is 15.1. The lowest BCUT2D eigenvalue weighted by molar-refractivity contribution is 0.660. The molecule has 0 unspecified atom stereocenters. The molecular weight excluding hydrogens is 296 g/mol. The lowest BCUT2D eigenvalue weighted by Gasteiger charge is -2.05. The second-order valence-corrected chi connectivity index (χ2v) is 5.59. The van der Waals surface area contributed by atoms with E-state index in [0.717, 1.165) is 11.1 Å². The van der Waals surface area contributed by atoms with Crippen LogP contribution in [0.15, 0.2) is 75.9 Å². The zero-order valence-electron chi connectivity index (χ0n) is 11.5. The molecule has 0 amide bonds. The highest BCUT2D eigenvalue weighted by molar-refractivity contribution is 6.31. The van der Waals surface area contributed by atoms with Crippen molar-refractivity contribution in [3.05, 3.63) is 82.0 Å². The Labute approximate surface area is 131 Å². The molecule has 0 aliphatic carbocycles. The second-order valence-electron chi connectivity index (χ2n) is 5.15. The summed E-state index contributed by atoms with van der Waals surface area (Å²) in [6.45, 7) is 0. The van der Waals surface area contributed by atoms with E-state index in [2.05, 4.69) is 0 Å². The fraction of sp³-hybridized carbons (Fsp3) is 0. The van der Waals surface area contributed by atoms with Crippen LogP contribution in [0, 0.1) is 0 Å². The van der Waals surface area contributed by atoms with Gasteiger partial charge in [-0.05, 0) is 41.5 Å². The topological polar surface area (TPSA) is 30.2 Å². The summed E-state index contributed by atoms with van der Waals surface area (Å²) < 4.78 is 5.89. The van der Waals surface area contributed by atoms with Crippen molar-refractivity contribution in [1.82, 2.24) is 0 Å². The van der Waals surface area contributed by atoms with Crippen molar-refractivity contribution in [3.8, 4) is 11.1 Å². The molecule has 2 nitrogen and oxygen atoms in total. The third-order valence-electron chi connectivity index (χ3n) is 3.74. The third-order valence-corrected chi connectivity index (χ3v) is 3.97. The van der Waals surface area contributed by atoms with Crippen LogP contribution in [0.3, 0.4) is 0 Å². The number of hydrogen-bond donors (Lipinski definition) is 0. The maximum absolute atomic E-state index is 12.6. The van der Waals surface area contributed by atoms with Crippen molar-refractivity contribution < 1.29 is 4.42 Å². The first kappa shape index (κ1) is 13.1. The van der Waals surface area contributed by atoms with Gasteiger partial charge in [0.15, 0.2) is 0 Å². The Kier molecular flexibility index (Phi) is 2.98. The summed E-state index contributed by atoms with van der Waals surface area (Å²) in [5, 5.41) is 1.60. The maximum Gasteiger partial charge on any atom is 0.200 e. The summed E-state index contributed by atoms with van der Waals surface area (Å²) in [7, 11) is 0. The first-order valence-electron chi connectivity index (χ1n) is 6.94. The van der Waals surface area contributed by atoms with Crippen molar-refractivity contribution in [3.63, 3.8) is 0 Å². The van der Waals surface area contributed by atoms with Crippen molar-refractivity contribution in [2.75, 3.05) is 0 Å². The van der Waals surface area contributed by atoms with Gasteiger partial charge < -0.3 is 4.42 Å². The average molecular weight is 307 g/mol. The van der Waals surface area contributed by atoms with Crippen molar-refractivity contribution in [1.29, 1.82) is 0 Å². The minimum Gasteiger partial charge on any atom is -0.456 e. The molecule has 0 atom stereocenters. The van der Waals surface area contributed by atoms with Crippen LogP contribution >= 0.6 is 11.6 Å². The Morgan fingerprint density at radius 2 is 1.55 bits per heavy atom. The smallest absolute Gasteiger partial charge is 0.200 e. The Morgan fingerprint density at radius 3 is 2.36 bits per heavy atom. The molecule has 0 saturated heterocycles. The molecule has 0 aliphatic heterocycles. The highest BCUT2D eigenvalue weighted by Gasteiger charge is 2.09. The number of fused-ring (bicyclic) bond motifs is 2. The van der Waals surface area contributed by atoms with E-state index in [1.54, 1.807) is 18.2 Å². The Bertz CT molecular complexity index is 1050. The van der Waals surface area contributed by atoms with E-state index in [4.69, 9.17) is 16.0 Å². The average Bonchev–Trinajstić information content (AvgIpc) is 2.56. The molecule has 1 aromatic heterocycles. The zero-order valence-corrected chi connectivity index (χ0v) is 12.3. The molecule has 3 heteroatoms. The van der Waals surface area contributed by atoms with E-state index in [1.807, 2.05) is 48.5 Å². The van der Waals surface area contributed by atoms with Crippen LogP contribution in [-0.2, 0) is 0 Å². The molecule has 4 aromatic rings. The van der Waals surface area contributed by atoms with E-state index in [0.29, 0.717) is 27.0 Å². The molecule has 0 bridgehead atoms. The highest BCUT2D eigenvalue weighted by atomic mass is 35.5. The van der Waals surface area contributed by atoms with Gasteiger partial charge in [-0.2, -0.15) is 0 Å². The Hall–Kier alpha value is -2.58. The van der Waals surface area contributed by atoms with Gasteiger partial charge in [-0.25, -0.2) is 0 Å². The fourth-order valence-electron chi connectivity index (χ4n) is 2.64. The molecule has 22 heavy (non-hydrogen) atoms. The van der Waals surface area contributed by atoms with Gasteiger partial charge in [0.25, 0.3) is 0 Å². The molecule has 0 aliphatic rings. The van der Waals surface area contributed by atoms with Crippen molar-refractivity contribution in [2.45, 2.75) is 0 Å². The van der Waals surface area contributed by atoms with Gasteiger partial charge in [-0.15, -0.1) is 0 Å². The van der Waals surface area contributed by atoms with Gasteiger partial charge in [0.1, 0.15) is 11.2 Å². The van der Waals surface area contributed by atoms with Crippen LogP contribution in [0.4, 0.5) is 0 Å². The van der Waals surface area contributed by atoms with Gasteiger partial charge in [0.05, 0.1) is 10.8 Å². The van der Waals surface area contributed by atoms with Crippen LogP contribution in [-0.4, -0.2) is 0 Å². The molecule has 0 radical (unpaired) electrons. The minimum atomic E-state index is -0.0571. The van der Waals surface area contributed by atoms with Gasteiger partial charge in [-0.3, -0.25) is 4.79 Å². The summed E-state index contributed by atoms with van der Waals surface area (Å²) in [5.41, 5.74) is 3.18. The van der Waals surface area contributed by atoms with Gasteiger partial charge >= 0.3 is 0 Å². The molecule has 4 rings (SSSR count). The van der Waals surface area contributed by atoms with Crippen LogP contribution in [0.1, 0.15) is 0 Å². The first-order valence-corrected chi connectivity index (χ1v) is 7.32. The maximum atomic E-state index is 12.6. The summed E-state index contributed by atoms with van der Waals surface area (Å²) >= 11 is 5.97. The molecule has 1 heterocycles. The number of benzene rings is 3. The summed E-state index contributed by atoms with van der Waals surface area (Å²) in [4.78, 5) is 12.6. The van der Waals surface area contributed by atoms with E-state index in [9.17, 15) is 4.79 Å². The molecule has 3 aromatic carbocycles. The molecule has 0 spiro atoms. The normalized spacial score (nSPS) is 11.1. The lowest BCUT2D eigenvalue weighted by atomic mass is 10.0. The quantitative estimate of drug-likeness (QED) is 0.449. The van der Waals surface area contributed by atoms with E-state index >= 15 is 0 Å². The Morgan fingerprint density at radius 1 is 0.727 bits per heavy atom. The van der Waals surface area contributed by atoms with Crippen molar-refractivity contribution in [2.24, 2.45) is 0 Å². The van der Waals surface area contributed by atoms with Crippen molar-refractivity contribution >= 4 is 33.5 Å². The fourth-order valence-corrected chi connectivity index (χ4v) is 2.81. The van der Waals surface area contributed by atoms with Crippen LogP contribution in [0.25, 0.3) is 33.1 Å². The third kappa shape index (κ3) is 2.09. The largest absolute Gasteiger partial charge is 0.456 e. The Balaban J connectivity index is 2.03. The number of hydrogen-bond acceptors (Lipinski definition) is 2. The number of rotatable bonds is 1. The van der Waals surface area contributed by atoms with Crippen LogP contribution in [0.5, 0.6) is 0 Å². The second kappa shape index (κ2) is 5.00. The summed E-state index contributed by atoms with van der Waals surface area (Å²) in [6, 6.07) is 20.7.